The minimum Gasteiger partial charge on any atom is -0.462 e. The van der Waals surface area contributed by atoms with Crippen molar-refractivity contribution in [2.24, 2.45) is 5.41 Å². The lowest BCUT2D eigenvalue weighted by molar-refractivity contribution is -0.142. The summed E-state index contributed by atoms with van der Waals surface area (Å²) < 4.78 is 17.9. The monoisotopic (exact) mass is 697 g/mol. The quantitative estimate of drug-likeness (QED) is 0.215. The van der Waals surface area contributed by atoms with Crippen molar-refractivity contribution in [3.05, 3.63) is 47.7 Å². The molecule has 2 aromatic carbocycles. The summed E-state index contributed by atoms with van der Waals surface area (Å²) >= 11 is 0. The SMILES string of the molecule is CN1CCC[C@H]1COc1nc2c(c(N3CCN(C(=O)OC(C)(C)C)[C@@H](CC#N)C3)n1)CCN(c1cc(OC(=O)C(C)(C)C)cc3ccccc13)C2. The number of likely N-dealkylation sites (tertiary alicyclic amines) is 1. The number of amides is 1. The maximum atomic E-state index is 13.2. The molecule has 2 saturated heterocycles. The van der Waals surface area contributed by atoms with Crippen molar-refractivity contribution >= 4 is 34.3 Å². The van der Waals surface area contributed by atoms with Crippen molar-refractivity contribution in [2.75, 3.05) is 56.2 Å². The van der Waals surface area contributed by atoms with Crippen LogP contribution in [0.5, 0.6) is 11.8 Å². The number of anilines is 2. The summed E-state index contributed by atoms with van der Waals surface area (Å²) in [5.41, 5.74) is 1.59. The van der Waals surface area contributed by atoms with Gasteiger partial charge in [-0.25, -0.2) is 4.79 Å². The molecule has 1 aromatic heterocycles. The molecule has 0 radical (unpaired) electrons. The number of nitriles is 1. The average molecular weight is 698 g/mol. The second-order valence-corrected chi connectivity index (χ2v) is 16.0. The van der Waals surface area contributed by atoms with Crippen LogP contribution in [-0.4, -0.2) is 95.9 Å². The third-order valence-electron chi connectivity index (χ3n) is 9.81. The Labute approximate surface area is 301 Å². The van der Waals surface area contributed by atoms with Crippen LogP contribution < -0.4 is 19.3 Å². The van der Waals surface area contributed by atoms with Gasteiger partial charge >= 0.3 is 18.1 Å². The minimum absolute atomic E-state index is 0.178. The fraction of sp³-hybridized carbons (Fsp3) is 0.564. The Bertz CT molecular complexity index is 1810. The van der Waals surface area contributed by atoms with E-state index in [9.17, 15) is 14.9 Å². The van der Waals surface area contributed by atoms with Crippen LogP contribution in [0.1, 0.15) is 72.1 Å². The predicted molar refractivity (Wildman–Crippen MR) is 196 cm³/mol. The number of nitrogens with zero attached hydrogens (tertiary/aromatic N) is 7. The molecule has 1 amide bonds. The highest BCUT2D eigenvalue weighted by Gasteiger charge is 2.36. The molecule has 0 bridgehead atoms. The molecule has 0 N–H and O–H groups in total. The summed E-state index contributed by atoms with van der Waals surface area (Å²) in [6, 6.07) is 14.5. The first-order valence-corrected chi connectivity index (χ1v) is 18.0. The Morgan fingerprint density at radius 3 is 2.47 bits per heavy atom. The van der Waals surface area contributed by atoms with Gasteiger partial charge in [-0.3, -0.25) is 4.79 Å². The molecule has 4 heterocycles. The number of fused-ring (bicyclic) bond motifs is 2. The zero-order chi connectivity index (χ0) is 36.5. The molecule has 272 valence electrons. The van der Waals surface area contributed by atoms with Crippen molar-refractivity contribution in [1.82, 2.24) is 19.8 Å². The first-order valence-electron chi connectivity index (χ1n) is 18.0. The van der Waals surface area contributed by atoms with Gasteiger partial charge in [-0.15, -0.1) is 0 Å². The van der Waals surface area contributed by atoms with Gasteiger partial charge in [-0.05, 0) is 85.8 Å². The van der Waals surface area contributed by atoms with Gasteiger partial charge in [0.15, 0.2) is 0 Å². The topological polar surface area (TPSA) is 124 Å². The van der Waals surface area contributed by atoms with E-state index in [0.717, 1.165) is 52.9 Å². The molecule has 0 unspecified atom stereocenters. The Morgan fingerprint density at radius 2 is 1.76 bits per heavy atom. The molecule has 2 atom stereocenters. The van der Waals surface area contributed by atoms with Crippen LogP contribution in [0.2, 0.25) is 0 Å². The van der Waals surface area contributed by atoms with Gasteiger partial charge in [-0.1, -0.05) is 24.3 Å². The van der Waals surface area contributed by atoms with Crippen LogP contribution >= 0.6 is 0 Å². The van der Waals surface area contributed by atoms with Crippen LogP contribution in [0.15, 0.2) is 36.4 Å². The molecule has 51 heavy (non-hydrogen) atoms. The number of benzene rings is 2. The highest BCUT2D eigenvalue weighted by Crippen LogP contribution is 2.38. The summed E-state index contributed by atoms with van der Waals surface area (Å²) in [6.45, 7) is 15.2. The molecule has 0 saturated carbocycles. The smallest absolute Gasteiger partial charge is 0.410 e. The molecule has 6 rings (SSSR count). The minimum atomic E-state index is -0.641. The number of piperazine rings is 1. The van der Waals surface area contributed by atoms with E-state index < -0.39 is 17.1 Å². The molecule has 3 aromatic rings. The Kier molecular flexibility index (Phi) is 10.3. The van der Waals surface area contributed by atoms with Crippen molar-refractivity contribution in [1.29, 1.82) is 5.26 Å². The average Bonchev–Trinajstić information content (AvgIpc) is 3.49. The number of carbonyl (C=O) groups is 2. The number of rotatable bonds is 7. The molecule has 3 aliphatic heterocycles. The third kappa shape index (κ3) is 8.30. The van der Waals surface area contributed by atoms with Crippen molar-refractivity contribution in [3.63, 3.8) is 0 Å². The van der Waals surface area contributed by atoms with E-state index in [-0.39, 0.29) is 18.4 Å². The Balaban J connectivity index is 1.33. The highest BCUT2D eigenvalue weighted by molar-refractivity contribution is 5.96. The Hall–Kier alpha value is -4.63. The largest absolute Gasteiger partial charge is 0.462 e. The van der Waals surface area contributed by atoms with Crippen LogP contribution in [0.4, 0.5) is 16.3 Å². The fourth-order valence-corrected chi connectivity index (χ4v) is 7.01. The summed E-state index contributed by atoms with van der Waals surface area (Å²) in [5.74, 6) is 1.01. The van der Waals surface area contributed by atoms with Gasteiger partial charge in [0, 0.05) is 54.9 Å². The number of hydrogen-bond acceptors (Lipinski definition) is 11. The molecular formula is C39H51N7O5. The van der Waals surface area contributed by atoms with Gasteiger partial charge in [0.2, 0.25) is 0 Å². The van der Waals surface area contributed by atoms with Gasteiger partial charge in [0.25, 0.3) is 0 Å². The second-order valence-electron chi connectivity index (χ2n) is 16.0. The lowest BCUT2D eigenvalue weighted by Gasteiger charge is -2.42. The van der Waals surface area contributed by atoms with Crippen molar-refractivity contribution in [2.45, 2.75) is 91.5 Å². The first kappa shape index (κ1) is 36.2. The Morgan fingerprint density at radius 1 is 0.980 bits per heavy atom. The number of carbonyl (C=O) groups excluding carboxylic acids is 2. The van der Waals surface area contributed by atoms with E-state index in [1.165, 1.54) is 0 Å². The summed E-state index contributed by atoms with van der Waals surface area (Å²) in [7, 11) is 2.12. The van der Waals surface area contributed by atoms with E-state index in [4.69, 9.17) is 24.2 Å². The molecule has 2 fully saturated rings. The second kappa shape index (κ2) is 14.5. The highest BCUT2D eigenvalue weighted by atomic mass is 16.6. The standard InChI is InChI=1S/C39H51N7O5/c1-38(2,3)35(47)50-29-21-26-11-8-9-13-30(26)33(22-29)44-18-15-31-32(24-44)41-36(49-25-28-12-10-17-43(28)7)42-34(31)45-19-20-46(27(23-45)14-16-40)37(48)51-39(4,5)6/h8-9,11,13,21-22,27-28H,10,12,14-15,17-20,23-25H2,1-7H3/t27-,28-/m0/s1. The van der Waals surface area contributed by atoms with E-state index >= 15 is 0 Å². The van der Waals surface area contributed by atoms with Gasteiger partial charge in [0.1, 0.15) is 23.8 Å². The van der Waals surface area contributed by atoms with Gasteiger partial charge in [0.05, 0.1) is 36.2 Å². The lowest BCUT2D eigenvalue weighted by Crippen LogP contribution is -2.56. The number of likely N-dealkylation sites (N-methyl/N-ethyl adjacent to an activating group) is 1. The first-order chi connectivity index (χ1) is 24.2. The van der Waals surface area contributed by atoms with Gasteiger partial charge < -0.3 is 33.8 Å². The molecular weight excluding hydrogens is 646 g/mol. The maximum Gasteiger partial charge on any atom is 0.410 e. The van der Waals surface area contributed by atoms with Gasteiger partial charge in [-0.2, -0.15) is 15.2 Å². The van der Waals surface area contributed by atoms with Crippen LogP contribution in [0.25, 0.3) is 10.8 Å². The van der Waals surface area contributed by atoms with Crippen LogP contribution in [0.3, 0.4) is 0 Å². The number of aromatic nitrogens is 2. The van der Waals surface area contributed by atoms with Crippen LogP contribution in [0, 0.1) is 16.7 Å². The molecule has 12 heteroatoms. The molecule has 0 aliphatic carbocycles. The van der Waals surface area contributed by atoms with Crippen LogP contribution in [-0.2, 0) is 22.5 Å². The number of esters is 1. The van der Waals surface area contributed by atoms with E-state index in [1.54, 1.807) is 4.90 Å². The number of ether oxygens (including phenoxy) is 3. The lowest BCUT2D eigenvalue weighted by atomic mass is 9.97. The van der Waals surface area contributed by atoms with Crippen molar-refractivity contribution < 1.29 is 23.8 Å². The molecule has 12 nitrogen and oxygen atoms in total. The normalized spacial score (nSPS) is 19.8. The molecule has 3 aliphatic rings. The van der Waals surface area contributed by atoms with E-state index in [0.29, 0.717) is 63.6 Å². The number of hydrogen-bond donors (Lipinski definition) is 0. The predicted octanol–water partition coefficient (Wildman–Crippen LogP) is 5.96. The summed E-state index contributed by atoms with van der Waals surface area (Å²) in [5, 5.41) is 11.8. The maximum absolute atomic E-state index is 13.2. The fourth-order valence-electron chi connectivity index (χ4n) is 7.01. The zero-order valence-corrected chi connectivity index (χ0v) is 31.1. The van der Waals surface area contributed by atoms with E-state index in [1.807, 2.05) is 71.9 Å². The van der Waals surface area contributed by atoms with E-state index in [2.05, 4.69) is 33.9 Å². The van der Waals surface area contributed by atoms with Crippen molar-refractivity contribution in [3.8, 4) is 17.8 Å². The third-order valence-corrected chi connectivity index (χ3v) is 9.81. The zero-order valence-electron chi connectivity index (χ0n) is 31.1. The summed E-state index contributed by atoms with van der Waals surface area (Å²) in [4.78, 5) is 44.5. The summed E-state index contributed by atoms with van der Waals surface area (Å²) in [6.07, 6.45) is 2.64. The molecule has 0 spiro atoms.